The summed E-state index contributed by atoms with van der Waals surface area (Å²) in [4.78, 5) is 1.27. The second-order valence-electron chi connectivity index (χ2n) is 4.98. The van der Waals surface area contributed by atoms with E-state index >= 15 is 0 Å². The molecule has 1 aliphatic rings. The fourth-order valence-electron chi connectivity index (χ4n) is 2.59. The van der Waals surface area contributed by atoms with Crippen LogP contribution in [0.3, 0.4) is 0 Å². The minimum atomic E-state index is 0.600. The van der Waals surface area contributed by atoms with Gasteiger partial charge in [-0.2, -0.15) is 5.26 Å². The summed E-state index contributed by atoms with van der Waals surface area (Å²) in [5.74, 6) is 0.846. The Bertz CT molecular complexity index is 385. The third-order valence-electron chi connectivity index (χ3n) is 3.74. The van der Waals surface area contributed by atoms with Crippen LogP contribution in [0.1, 0.15) is 49.5 Å². The molecule has 0 aliphatic heterocycles. The lowest BCUT2D eigenvalue weighted by molar-refractivity contribution is 0.281. The maximum atomic E-state index is 8.77. The summed E-state index contributed by atoms with van der Waals surface area (Å²) in [5, 5.41) is 14.3. The Morgan fingerprint density at radius 3 is 2.88 bits per heavy atom. The molecule has 17 heavy (non-hydrogen) atoms. The number of rotatable bonds is 4. The van der Waals surface area contributed by atoms with E-state index in [0.29, 0.717) is 6.04 Å². The van der Waals surface area contributed by atoms with E-state index in [1.54, 1.807) is 11.3 Å². The van der Waals surface area contributed by atoms with Crippen molar-refractivity contribution in [2.24, 2.45) is 5.92 Å². The molecule has 0 amide bonds. The summed E-state index contributed by atoms with van der Waals surface area (Å²) in [6, 6.07) is 4.77. The van der Waals surface area contributed by atoms with Gasteiger partial charge >= 0.3 is 0 Å². The van der Waals surface area contributed by atoms with Gasteiger partial charge in [0, 0.05) is 22.8 Å². The quantitative estimate of drug-likeness (QED) is 0.882. The third kappa shape index (κ3) is 3.55. The van der Waals surface area contributed by atoms with Gasteiger partial charge < -0.3 is 5.32 Å². The summed E-state index contributed by atoms with van der Waals surface area (Å²) < 4.78 is 0. The van der Waals surface area contributed by atoms with Crippen LogP contribution in [-0.2, 0) is 6.54 Å². The van der Waals surface area contributed by atoms with Gasteiger partial charge in [-0.3, -0.25) is 0 Å². The van der Waals surface area contributed by atoms with Gasteiger partial charge in [0.25, 0.3) is 0 Å². The average molecular weight is 248 g/mol. The van der Waals surface area contributed by atoms with Crippen LogP contribution in [0.2, 0.25) is 0 Å². The summed E-state index contributed by atoms with van der Waals surface area (Å²) in [6.07, 6.45) is 6.96. The molecule has 1 fully saturated rings. The highest BCUT2D eigenvalue weighted by molar-refractivity contribution is 7.10. The van der Waals surface area contributed by atoms with Crippen LogP contribution in [0, 0.1) is 17.2 Å². The van der Waals surface area contributed by atoms with Crippen molar-refractivity contribution in [3.05, 3.63) is 21.9 Å². The van der Waals surface area contributed by atoms with Crippen LogP contribution in [0.4, 0.5) is 0 Å². The molecule has 1 heterocycles. The fraction of sp³-hybridized carbons (Fsp3) is 0.643. The highest BCUT2D eigenvalue weighted by Crippen LogP contribution is 2.26. The molecule has 0 bridgehead atoms. The number of thiophene rings is 1. The topological polar surface area (TPSA) is 35.8 Å². The molecular formula is C14H20N2S. The van der Waals surface area contributed by atoms with Crippen molar-refractivity contribution in [3.63, 3.8) is 0 Å². The van der Waals surface area contributed by atoms with E-state index in [-0.39, 0.29) is 0 Å². The van der Waals surface area contributed by atoms with Gasteiger partial charge in [-0.1, -0.05) is 19.3 Å². The van der Waals surface area contributed by atoms with Crippen LogP contribution < -0.4 is 5.32 Å². The Balaban J connectivity index is 1.79. The van der Waals surface area contributed by atoms with Crippen molar-refractivity contribution >= 4 is 11.3 Å². The van der Waals surface area contributed by atoms with Gasteiger partial charge in [-0.15, -0.1) is 11.3 Å². The lowest BCUT2D eigenvalue weighted by atomic mass is 9.84. The molecular weight excluding hydrogens is 228 g/mol. The molecule has 0 saturated heterocycles. The average Bonchev–Trinajstić information content (AvgIpc) is 2.85. The Kier molecular flexibility index (Phi) is 4.58. The van der Waals surface area contributed by atoms with E-state index in [1.165, 1.54) is 37.0 Å². The summed E-state index contributed by atoms with van der Waals surface area (Å²) in [5.41, 5.74) is 0.789. The first-order chi connectivity index (χ1) is 8.29. The maximum absolute atomic E-state index is 8.77. The fourth-order valence-corrected chi connectivity index (χ4v) is 3.36. The van der Waals surface area contributed by atoms with Gasteiger partial charge in [0.05, 0.1) is 5.56 Å². The van der Waals surface area contributed by atoms with Gasteiger partial charge in [0.1, 0.15) is 6.07 Å². The SMILES string of the molecule is C[C@@H](NCc1cc(C#N)cs1)C1CCCCC1. The number of hydrogen-bond acceptors (Lipinski definition) is 3. The maximum Gasteiger partial charge on any atom is 0.100 e. The molecule has 0 unspecified atom stereocenters. The Labute approximate surface area is 108 Å². The Hall–Kier alpha value is -0.850. The number of nitrogens with one attached hydrogen (secondary N) is 1. The van der Waals surface area contributed by atoms with Crippen molar-refractivity contribution in [3.8, 4) is 6.07 Å². The second kappa shape index (κ2) is 6.18. The zero-order valence-corrected chi connectivity index (χ0v) is 11.2. The highest BCUT2D eigenvalue weighted by atomic mass is 32.1. The molecule has 1 saturated carbocycles. The minimum Gasteiger partial charge on any atom is -0.309 e. The summed E-state index contributed by atoms with van der Waals surface area (Å²) in [6.45, 7) is 3.21. The molecule has 1 aromatic rings. The monoisotopic (exact) mass is 248 g/mol. The smallest absolute Gasteiger partial charge is 0.100 e. The van der Waals surface area contributed by atoms with Crippen LogP contribution in [0.5, 0.6) is 0 Å². The number of nitriles is 1. The first-order valence-corrected chi connectivity index (χ1v) is 7.38. The molecule has 2 rings (SSSR count). The van der Waals surface area contributed by atoms with Crippen molar-refractivity contribution < 1.29 is 0 Å². The Morgan fingerprint density at radius 2 is 2.24 bits per heavy atom. The van der Waals surface area contributed by atoms with E-state index in [2.05, 4.69) is 18.3 Å². The van der Waals surface area contributed by atoms with Crippen molar-refractivity contribution in [1.82, 2.24) is 5.32 Å². The van der Waals surface area contributed by atoms with E-state index in [1.807, 2.05) is 11.4 Å². The predicted molar refractivity (Wildman–Crippen MR) is 71.9 cm³/mol. The molecule has 0 radical (unpaired) electrons. The van der Waals surface area contributed by atoms with E-state index in [9.17, 15) is 0 Å². The van der Waals surface area contributed by atoms with Crippen LogP contribution in [0.25, 0.3) is 0 Å². The zero-order valence-electron chi connectivity index (χ0n) is 10.4. The van der Waals surface area contributed by atoms with Crippen LogP contribution in [-0.4, -0.2) is 6.04 Å². The van der Waals surface area contributed by atoms with Gasteiger partial charge in [-0.05, 0) is 31.7 Å². The molecule has 3 heteroatoms. The van der Waals surface area contributed by atoms with E-state index in [0.717, 1.165) is 18.0 Å². The van der Waals surface area contributed by atoms with Crippen molar-refractivity contribution in [2.75, 3.05) is 0 Å². The molecule has 0 aromatic carbocycles. The molecule has 2 nitrogen and oxygen atoms in total. The van der Waals surface area contributed by atoms with Crippen LogP contribution in [0.15, 0.2) is 11.4 Å². The molecule has 1 aromatic heterocycles. The predicted octanol–water partition coefficient (Wildman–Crippen LogP) is 3.68. The normalized spacial score (nSPS) is 18.8. The molecule has 92 valence electrons. The van der Waals surface area contributed by atoms with Gasteiger partial charge in [-0.25, -0.2) is 0 Å². The van der Waals surface area contributed by atoms with Crippen molar-refractivity contribution in [2.45, 2.75) is 51.6 Å². The van der Waals surface area contributed by atoms with Gasteiger partial charge in [0.2, 0.25) is 0 Å². The minimum absolute atomic E-state index is 0.600. The molecule has 1 atom stereocenters. The first kappa shape index (κ1) is 12.6. The van der Waals surface area contributed by atoms with Gasteiger partial charge in [0.15, 0.2) is 0 Å². The lowest BCUT2D eigenvalue weighted by Crippen LogP contribution is -2.33. The molecule has 1 aliphatic carbocycles. The first-order valence-electron chi connectivity index (χ1n) is 6.50. The standard InChI is InChI=1S/C14H20N2S/c1-11(13-5-3-2-4-6-13)16-9-14-7-12(8-15)10-17-14/h7,10-11,13,16H,2-6,9H2,1H3/t11-/m1/s1. The second-order valence-corrected chi connectivity index (χ2v) is 5.98. The summed E-state index contributed by atoms with van der Waals surface area (Å²) >= 11 is 1.68. The third-order valence-corrected chi connectivity index (χ3v) is 4.67. The zero-order chi connectivity index (χ0) is 12.1. The number of nitrogens with zero attached hydrogens (tertiary/aromatic N) is 1. The number of hydrogen-bond donors (Lipinski definition) is 1. The Morgan fingerprint density at radius 1 is 1.47 bits per heavy atom. The lowest BCUT2D eigenvalue weighted by Gasteiger charge is -2.28. The summed E-state index contributed by atoms with van der Waals surface area (Å²) in [7, 11) is 0. The van der Waals surface area contributed by atoms with E-state index < -0.39 is 0 Å². The largest absolute Gasteiger partial charge is 0.309 e. The van der Waals surface area contributed by atoms with Crippen molar-refractivity contribution in [1.29, 1.82) is 5.26 Å². The van der Waals surface area contributed by atoms with E-state index in [4.69, 9.17) is 5.26 Å². The van der Waals surface area contributed by atoms with Crippen LogP contribution >= 0.6 is 11.3 Å². The molecule has 0 spiro atoms. The highest BCUT2D eigenvalue weighted by Gasteiger charge is 2.19. The molecule has 1 N–H and O–H groups in total.